The third kappa shape index (κ3) is 3.04. The first-order valence-electron chi connectivity index (χ1n) is 8.69. The van der Waals surface area contributed by atoms with Crippen molar-refractivity contribution in [1.29, 1.82) is 0 Å². The summed E-state index contributed by atoms with van der Waals surface area (Å²) in [6, 6.07) is 15.8. The second kappa shape index (κ2) is 6.67. The minimum Gasteiger partial charge on any atom is -0.508 e. The Morgan fingerprint density at radius 2 is 1.52 bits per heavy atom. The van der Waals surface area contributed by atoms with Crippen LogP contribution in [0.5, 0.6) is 17.2 Å². The van der Waals surface area contributed by atoms with E-state index in [9.17, 15) is 20.1 Å². The van der Waals surface area contributed by atoms with Gasteiger partial charge in [0.05, 0.1) is 0 Å². The fraction of sp³-hybridized carbons (Fsp3) is 0.136. The molecular formula is C22H18O4S. The molecule has 0 saturated heterocycles. The summed E-state index contributed by atoms with van der Waals surface area (Å²) in [4.78, 5) is 14.6. The molecule has 136 valence electrons. The Morgan fingerprint density at radius 3 is 2.22 bits per heavy atom. The first-order chi connectivity index (χ1) is 13.0. The highest BCUT2D eigenvalue weighted by Gasteiger charge is 2.30. The van der Waals surface area contributed by atoms with Gasteiger partial charge in [0.1, 0.15) is 5.75 Å². The van der Waals surface area contributed by atoms with Crippen LogP contribution in [0.2, 0.25) is 0 Å². The normalized spacial score (nSPS) is 15.7. The van der Waals surface area contributed by atoms with Crippen molar-refractivity contribution in [2.45, 2.75) is 29.1 Å². The largest absolute Gasteiger partial charge is 0.508 e. The molecule has 1 heterocycles. The van der Waals surface area contributed by atoms with Crippen molar-refractivity contribution < 1.29 is 20.1 Å². The standard InChI is InChI=1S/C22H18O4S/c1-2-15-16-8-5-13(12-3-6-14(23)7-4-12)9-20(16)27-21-11-19(25)18(24)10-17(21)22(15)26/h3-11,15,23-25H,2H2,1H3. The van der Waals surface area contributed by atoms with Gasteiger partial charge >= 0.3 is 0 Å². The number of Topliss-reactive ketones (excluding diaryl/α,β-unsaturated/α-hetero) is 1. The van der Waals surface area contributed by atoms with E-state index in [1.54, 1.807) is 12.1 Å². The van der Waals surface area contributed by atoms with E-state index in [0.717, 1.165) is 21.6 Å². The summed E-state index contributed by atoms with van der Waals surface area (Å²) in [7, 11) is 0. The van der Waals surface area contributed by atoms with Crippen LogP contribution in [0.25, 0.3) is 11.1 Å². The van der Waals surface area contributed by atoms with Crippen molar-refractivity contribution in [2.24, 2.45) is 0 Å². The zero-order valence-electron chi connectivity index (χ0n) is 14.6. The predicted octanol–water partition coefficient (Wildman–Crippen LogP) is 5.31. The van der Waals surface area contributed by atoms with Crippen molar-refractivity contribution in [2.75, 3.05) is 0 Å². The number of phenols is 3. The van der Waals surface area contributed by atoms with Crippen LogP contribution in [0.3, 0.4) is 0 Å². The van der Waals surface area contributed by atoms with E-state index in [0.29, 0.717) is 16.9 Å². The molecule has 3 N–H and O–H groups in total. The molecule has 0 fully saturated rings. The molecule has 1 aliphatic rings. The summed E-state index contributed by atoms with van der Waals surface area (Å²) in [6.07, 6.45) is 0.645. The molecule has 27 heavy (non-hydrogen) atoms. The van der Waals surface area contributed by atoms with Gasteiger partial charge in [0.2, 0.25) is 0 Å². The lowest BCUT2D eigenvalue weighted by Gasteiger charge is -2.15. The summed E-state index contributed by atoms with van der Waals surface area (Å²) in [5, 5.41) is 29.2. The molecule has 1 aliphatic heterocycles. The highest BCUT2D eigenvalue weighted by Crippen LogP contribution is 2.46. The number of hydrogen-bond donors (Lipinski definition) is 3. The van der Waals surface area contributed by atoms with E-state index >= 15 is 0 Å². The maximum atomic E-state index is 13.1. The predicted molar refractivity (Wildman–Crippen MR) is 105 cm³/mol. The minimum atomic E-state index is -0.299. The monoisotopic (exact) mass is 378 g/mol. The van der Waals surface area contributed by atoms with Crippen molar-refractivity contribution in [3.05, 3.63) is 65.7 Å². The first kappa shape index (κ1) is 17.5. The van der Waals surface area contributed by atoms with Crippen LogP contribution in [-0.2, 0) is 0 Å². The van der Waals surface area contributed by atoms with Crippen LogP contribution in [-0.4, -0.2) is 21.1 Å². The number of fused-ring (bicyclic) bond motifs is 2. The van der Waals surface area contributed by atoms with Gasteiger partial charge in [0.15, 0.2) is 17.3 Å². The smallest absolute Gasteiger partial charge is 0.171 e. The topological polar surface area (TPSA) is 77.8 Å². The quantitative estimate of drug-likeness (QED) is 0.527. The highest BCUT2D eigenvalue weighted by atomic mass is 32.2. The van der Waals surface area contributed by atoms with Gasteiger partial charge in [0, 0.05) is 21.3 Å². The van der Waals surface area contributed by atoms with E-state index in [2.05, 4.69) is 0 Å². The van der Waals surface area contributed by atoms with E-state index in [1.165, 1.54) is 23.9 Å². The highest BCUT2D eigenvalue weighted by molar-refractivity contribution is 7.99. The third-order valence-electron chi connectivity index (χ3n) is 4.88. The fourth-order valence-corrected chi connectivity index (χ4v) is 4.62. The van der Waals surface area contributed by atoms with Crippen molar-refractivity contribution >= 4 is 17.5 Å². The molecule has 0 aliphatic carbocycles. The molecule has 0 spiro atoms. The number of aromatic hydroxyl groups is 3. The van der Waals surface area contributed by atoms with E-state index in [4.69, 9.17) is 0 Å². The number of benzene rings is 3. The lowest BCUT2D eigenvalue weighted by Crippen LogP contribution is -2.12. The summed E-state index contributed by atoms with van der Waals surface area (Å²) < 4.78 is 0. The van der Waals surface area contributed by atoms with Crippen LogP contribution >= 0.6 is 11.8 Å². The van der Waals surface area contributed by atoms with Gasteiger partial charge in [-0.05, 0) is 53.4 Å². The average Bonchev–Trinajstić information content (AvgIpc) is 2.76. The van der Waals surface area contributed by atoms with E-state index in [-0.39, 0.29) is 28.9 Å². The third-order valence-corrected chi connectivity index (χ3v) is 6.01. The van der Waals surface area contributed by atoms with Crippen LogP contribution in [0, 0.1) is 0 Å². The number of phenolic OH excluding ortho intramolecular Hbond substituents is 3. The van der Waals surface area contributed by atoms with Crippen LogP contribution < -0.4 is 0 Å². The number of carbonyl (C=O) groups excluding carboxylic acids is 1. The minimum absolute atomic E-state index is 0.0496. The summed E-state index contributed by atoms with van der Waals surface area (Å²) in [6.45, 7) is 1.97. The van der Waals surface area contributed by atoms with E-state index in [1.807, 2.05) is 37.3 Å². The molecule has 4 rings (SSSR count). The van der Waals surface area contributed by atoms with Gasteiger partial charge in [-0.3, -0.25) is 4.79 Å². The molecule has 0 saturated carbocycles. The molecule has 3 aromatic rings. The Labute approximate surface area is 161 Å². The average molecular weight is 378 g/mol. The van der Waals surface area contributed by atoms with Crippen LogP contribution in [0.1, 0.15) is 35.2 Å². The van der Waals surface area contributed by atoms with Gasteiger partial charge in [-0.25, -0.2) is 0 Å². The molecule has 4 nitrogen and oxygen atoms in total. The molecule has 0 bridgehead atoms. The van der Waals surface area contributed by atoms with Crippen molar-refractivity contribution in [1.82, 2.24) is 0 Å². The SMILES string of the molecule is CCC1C(=O)c2cc(O)c(O)cc2Sc2cc(-c3ccc(O)cc3)ccc21. The van der Waals surface area contributed by atoms with Crippen LogP contribution in [0.15, 0.2) is 64.4 Å². The van der Waals surface area contributed by atoms with E-state index < -0.39 is 0 Å². The Kier molecular flexibility index (Phi) is 4.32. The zero-order chi connectivity index (χ0) is 19.1. The molecule has 0 aromatic heterocycles. The second-order valence-corrected chi connectivity index (χ2v) is 7.65. The molecular weight excluding hydrogens is 360 g/mol. The van der Waals surface area contributed by atoms with Gasteiger partial charge in [0.25, 0.3) is 0 Å². The number of carbonyl (C=O) groups is 1. The van der Waals surface area contributed by atoms with Gasteiger partial charge in [-0.1, -0.05) is 43.0 Å². The van der Waals surface area contributed by atoms with Crippen molar-refractivity contribution in [3.8, 4) is 28.4 Å². The van der Waals surface area contributed by atoms with Crippen LogP contribution in [0.4, 0.5) is 0 Å². The zero-order valence-corrected chi connectivity index (χ0v) is 15.5. The first-order valence-corrected chi connectivity index (χ1v) is 9.51. The number of rotatable bonds is 2. The lowest BCUT2D eigenvalue weighted by atomic mass is 9.87. The molecule has 1 unspecified atom stereocenters. The van der Waals surface area contributed by atoms with Gasteiger partial charge < -0.3 is 15.3 Å². The van der Waals surface area contributed by atoms with Gasteiger partial charge in [-0.2, -0.15) is 0 Å². The molecule has 0 radical (unpaired) electrons. The molecule has 0 amide bonds. The summed E-state index contributed by atoms with van der Waals surface area (Å²) in [5.41, 5.74) is 3.33. The summed E-state index contributed by atoms with van der Waals surface area (Å²) in [5.74, 6) is -0.657. The summed E-state index contributed by atoms with van der Waals surface area (Å²) >= 11 is 1.42. The molecule has 1 atom stereocenters. The Hall–Kier alpha value is -2.92. The Bertz CT molecular complexity index is 1040. The fourth-order valence-electron chi connectivity index (χ4n) is 3.43. The maximum Gasteiger partial charge on any atom is 0.171 e. The lowest BCUT2D eigenvalue weighted by molar-refractivity contribution is 0.0953. The molecule has 5 heteroatoms. The Morgan fingerprint density at radius 1 is 0.852 bits per heavy atom. The maximum absolute atomic E-state index is 13.1. The Balaban J connectivity index is 1.87. The van der Waals surface area contributed by atoms with Gasteiger partial charge in [-0.15, -0.1) is 0 Å². The molecule has 3 aromatic carbocycles. The number of ketones is 1. The van der Waals surface area contributed by atoms with Crippen molar-refractivity contribution in [3.63, 3.8) is 0 Å². The second-order valence-electron chi connectivity index (χ2n) is 6.56. The number of hydrogen-bond acceptors (Lipinski definition) is 5.